The Hall–Kier alpha value is -1.55. The summed E-state index contributed by atoms with van der Waals surface area (Å²) >= 11 is 0. The zero-order valence-corrected chi connectivity index (χ0v) is 12.2. The van der Waals surface area contributed by atoms with Crippen molar-refractivity contribution in [2.75, 3.05) is 13.7 Å². The van der Waals surface area contributed by atoms with E-state index in [1.165, 1.54) is 19.2 Å². The molecule has 108 valence electrons. The molecule has 1 aliphatic carbocycles. The van der Waals surface area contributed by atoms with Crippen molar-refractivity contribution in [3.8, 4) is 17.6 Å². The Morgan fingerprint density at radius 2 is 2.20 bits per heavy atom. The molecule has 0 bridgehead atoms. The fraction of sp³-hybridized carbons (Fsp3) is 0.429. The van der Waals surface area contributed by atoms with Gasteiger partial charge in [-0.2, -0.15) is 0 Å². The maximum atomic E-state index is 12.2. The van der Waals surface area contributed by atoms with E-state index in [0.717, 1.165) is 6.42 Å². The number of hydrogen-bond donors (Lipinski definition) is 2. The van der Waals surface area contributed by atoms with E-state index in [9.17, 15) is 8.42 Å². The van der Waals surface area contributed by atoms with E-state index in [2.05, 4.69) is 16.6 Å². The highest BCUT2D eigenvalue weighted by atomic mass is 32.2. The van der Waals surface area contributed by atoms with Gasteiger partial charge < -0.3 is 9.84 Å². The summed E-state index contributed by atoms with van der Waals surface area (Å²) in [6, 6.07) is 4.52. The van der Waals surface area contributed by atoms with Gasteiger partial charge in [0.2, 0.25) is 10.0 Å². The SMILES string of the molecule is COc1ccc(S(=O)(=O)NC2CC2C)cc1C#CCO. The molecule has 2 N–H and O–H groups in total. The van der Waals surface area contributed by atoms with Crippen molar-refractivity contribution in [2.24, 2.45) is 5.92 Å². The Morgan fingerprint density at radius 3 is 2.75 bits per heavy atom. The van der Waals surface area contributed by atoms with E-state index in [1.807, 2.05) is 6.92 Å². The minimum atomic E-state index is -3.54. The third-order valence-corrected chi connectivity index (χ3v) is 4.69. The van der Waals surface area contributed by atoms with Crippen molar-refractivity contribution in [1.29, 1.82) is 0 Å². The second-order valence-corrected chi connectivity index (χ2v) is 6.48. The number of hydrogen-bond acceptors (Lipinski definition) is 4. The maximum absolute atomic E-state index is 12.2. The summed E-state index contributed by atoms with van der Waals surface area (Å²) in [7, 11) is -2.05. The number of nitrogens with one attached hydrogen (secondary N) is 1. The lowest BCUT2D eigenvalue weighted by molar-refractivity contribution is 0.350. The van der Waals surface area contributed by atoms with Gasteiger partial charge in [-0.25, -0.2) is 13.1 Å². The molecule has 2 unspecified atom stereocenters. The largest absolute Gasteiger partial charge is 0.495 e. The molecule has 0 amide bonds. The number of sulfonamides is 1. The van der Waals surface area contributed by atoms with Crippen LogP contribution >= 0.6 is 0 Å². The molecule has 0 saturated heterocycles. The average Bonchev–Trinajstić information content (AvgIpc) is 3.10. The summed E-state index contributed by atoms with van der Waals surface area (Å²) < 4.78 is 32.2. The lowest BCUT2D eigenvalue weighted by Gasteiger charge is -2.09. The van der Waals surface area contributed by atoms with Crippen LogP contribution in [-0.2, 0) is 10.0 Å². The number of rotatable bonds is 4. The Morgan fingerprint density at radius 1 is 1.50 bits per heavy atom. The van der Waals surface area contributed by atoms with Crippen molar-refractivity contribution in [3.05, 3.63) is 23.8 Å². The van der Waals surface area contributed by atoms with Gasteiger partial charge >= 0.3 is 0 Å². The van der Waals surface area contributed by atoms with Gasteiger partial charge in [-0.3, -0.25) is 0 Å². The van der Waals surface area contributed by atoms with Gasteiger partial charge in [0.15, 0.2) is 0 Å². The summed E-state index contributed by atoms with van der Waals surface area (Å²) in [6.07, 6.45) is 0.868. The molecule has 0 aromatic heterocycles. The van der Waals surface area contributed by atoms with Crippen LogP contribution in [0.3, 0.4) is 0 Å². The first-order valence-corrected chi connectivity index (χ1v) is 7.76. The van der Waals surface area contributed by atoms with Gasteiger partial charge in [-0.1, -0.05) is 18.8 Å². The normalized spacial score (nSPS) is 20.9. The van der Waals surface area contributed by atoms with Crippen molar-refractivity contribution >= 4 is 10.0 Å². The molecule has 0 radical (unpaired) electrons. The molecule has 1 aliphatic rings. The first-order valence-electron chi connectivity index (χ1n) is 6.28. The first kappa shape index (κ1) is 14.9. The van der Waals surface area contributed by atoms with Crippen LogP contribution in [0.4, 0.5) is 0 Å². The second kappa shape index (κ2) is 5.83. The Balaban J connectivity index is 2.32. The molecular weight excluding hydrogens is 278 g/mol. The van der Waals surface area contributed by atoms with Crippen LogP contribution in [0.1, 0.15) is 18.9 Å². The Bertz CT molecular complexity index is 657. The van der Waals surface area contributed by atoms with E-state index in [0.29, 0.717) is 17.2 Å². The van der Waals surface area contributed by atoms with Crippen LogP contribution < -0.4 is 9.46 Å². The van der Waals surface area contributed by atoms with Crippen LogP contribution in [0.15, 0.2) is 23.1 Å². The van der Waals surface area contributed by atoms with Crippen LogP contribution in [0.25, 0.3) is 0 Å². The monoisotopic (exact) mass is 295 g/mol. The summed E-state index contributed by atoms with van der Waals surface area (Å²) in [4.78, 5) is 0.152. The maximum Gasteiger partial charge on any atom is 0.240 e. The molecule has 0 spiro atoms. The fourth-order valence-corrected chi connectivity index (χ4v) is 3.22. The van der Waals surface area contributed by atoms with Crippen LogP contribution in [0.5, 0.6) is 5.75 Å². The van der Waals surface area contributed by atoms with Gasteiger partial charge in [-0.05, 0) is 30.5 Å². The Kier molecular flexibility index (Phi) is 4.33. The predicted molar refractivity (Wildman–Crippen MR) is 74.8 cm³/mol. The molecule has 1 aromatic rings. The number of benzene rings is 1. The third-order valence-electron chi connectivity index (χ3n) is 3.20. The lowest BCUT2D eigenvalue weighted by atomic mass is 10.2. The molecule has 2 rings (SSSR count). The molecule has 5 nitrogen and oxygen atoms in total. The highest BCUT2D eigenvalue weighted by Crippen LogP contribution is 2.31. The fourth-order valence-electron chi connectivity index (χ4n) is 1.84. The molecular formula is C14H17NO4S. The highest BCUT2D eigenvalue weighted by Gasteiger charge is 2.36. The van der Waals surface area contributed by atoms with E-state index < -0.39 is 10.0 Å². The number of ether oxygens (including phenoxy) is 1. The van der Waals surface area contributed by atoms with Crippen LogP contribution in [-0.4, -0.2) is 33.3 Å². The van der Waals surface area contributed by atoms with E-state index in [-0.39, 0.29) is 17.5 Å². The topological polar surface area (TPSA) is 75.6 Å². The molecule has 20 heavy (non-hydrogen) atoms. The van der Waals surface area contributed by atoms with Crippen molar-refractivity contribution in [2.45, 2.75) is 24.3 Å². The van der Waals surface area contributed by atoms with Gasteiger partial charge in [0, 0.05) is 6.04 Å². The van der Waals surface area contributed by atoms with Gasteiger partial charge in [-0.15, -0.1) is 0 Å². The van der Waals surface area contributed by atoms with Gasteiger partial charge in [0.1, 0.15) is 12.4 Å². The first-order chi connectivity index (χ1) is 9.47. The lowest BCUT2D eigenvalue weighted by Crippen LogP contribution is -2.26. The molecule has 2 atom stereocenters. The average molecular weight is 295 g/mol. The number of aliphatic hydroxyl groups is 1. The summed E-state index contributed by atoms with van der Waals surface area (Å²) in [5, 5.41) is 8.73. The summed E-state index contributed by atoms with van der Waals surface area (Å²) in [5.41, 5.74) is 0.438. The van der Waals surface area contributed by atoms with Crippen LogP contribution in [0.2, 0.25) is 0 Å². The highest BCUT2D eigenvalue weighted by molar-refractivity contribution is 7.89. The summed E-state index contributed by atoms with van der Waals surface area (Å²) in [6.45, 7) is 1.71. The predicted octanol–water partition coefficient (Wildman–Crippen LogP) is 0.726. The molecule has 0 aliphatic heterocycles. The van der Waals surface area contributed by atoms with Crippen molar-refractivity contribution < 1.29 is 18.3 Å². The van der Waals surface area contributed by atoms with E-state index >= 15 is 0 Å². The molecule has 1 fully saturated rings. The second-order valence-electron chi connectivity index (χ2n) is 4.76. The minimum absolute atomic E-state index is 0.0223. The zero-order chi connectivity index (χ0) is 14.8. The molecule has 1 saturated carbocycles. The molecule has 1 aromatic carbocycles. The zero-order valence-electron chi connectivity index (χ0n) is 11.4. The standard InChI is InChI=1S/C14H17NO4S/c1-10-8-13(10)15-20(17,18)12-5-6-14(19-2)11(9-12)4-3-7-16/h5-6,9-10,13,15-16H,7-8H2,1-2H3. The summed E-state index contributed by atoms with van der Waals surface area (Å²) in [5.74, 6) is 6.04. The Labute approximate surface area is 119 Å². The smallest absolute Gasteiger partial charge is 0.240 e. The van der Waals surface area contributed by atoms with E-state index in [1.54, 1.807) is 6.07 Å². The van der Waals surface area contributed by atoms with E-state index in [4.69, 9.17) is 9.84 Å². The minimum Gasteiger partial charge on any atom is -0.495 e. The van der Waals surface area contributed by atoms with Gasteiger partial charge in [0.05, 0.1) is 17.6 Å². The number of methoxy groups -OCH3 is 1. The van der Waals surface area contributed by atoms with Crippen LogP contribution in [0, 0.1) is 17.8 Å². The number of aliphatic hydroxyl groups excluding tert-OH is 1. The van der Waals surface area contributed by atoms with Crippen molar-refractivity contribution in [1.82, 2.24) is 4.72 Å². The molecule has 0 heterocycles. The molecule has 6 heteroatoms. The quantitative estimate of drug-likeness (QED) is 0.803. The third kappa shape index (κ3) is 3.31. The van der Waals surface area contributed by atoms with Gasteiger partial charge in [0.25, 0.3) is 0 Å². The van der Waals surface area contributed by atoms with Crippen molar-refractivity contribution in [3.63, 3.8) is 0 Å².